The summed E-state index contributed by atoms with van der Waals surface area (Å²) in [5.74, 6) is -2.73. The number of nitrogens with zero attached hydrogens (tertiary/aromatic N) is 2. The third kappa shape index (κ3) is 8.18. The van der Waals surface area contributed by atoms with Crippen LogP contribution >= 0.6 is 0 Å². The summed E-state index contributed by atoms with van der Waals surface area (Å²) in [4.78, 5) is 56.4. The number of hydrogen-bond acceptors (Lipinski definition) is 6. The highest BCUT2D eigenvalue weighted by atomic mass is 32.2. The van der Waals surface area contributed by atoms with E-state index in [0.717, 1.165) is 12.8 Å². The molecule has 3 rings (SSSR count). The van der Waals surface area contributed by atoms with E-state index in [1.165, 1.54) is 6.08 Å². The van der Waals surface area contributed by atoms with E-state index in [4.69, 9.17) is 0 Å². The molecule has 0 aromatic rings. The molecule has 3 aliphatic rings. The second kappa shape index (κ2) is 13.8. The maximum atomic E-state index is 14.8. The lowest BCUT2D eigenvalue weighted by molar-refractivity contribution is -0.151. The number of hydrogen-bond donors (Lipinski definition) is 2. The zero-order chi connectivity index (χ0) is 34.1. The lowest BCUT2D eigenvalue weighted by atomic mass is 9.63. The molecule has 1 saturated carbocycles. The van der Waals surface area contributed by atoms with Crippen molar-refractivity contribution in [3.8, 4) is 0 Å². The van der Waals surface area contributed by atoms with Crippen LogP contribution in [-0.2, 0) is 29.2 Å². The maximum Gasteiger partial charge on any atom is 0.289 e. The average Bonchev–Trinajstić information content (AvgIpc) is 3.25. The van der Waals surface area contributed by atoms with Crippen molar-refractivity contribution in [2.24, 2.45) is 39.9 Å². The first kappa shape index (κ1) is 37.2. The molecule has 2 aliphatic heterocycles. The van der Waals surface area contributed by atoms with E-state index in [-0.39, 0.29) is 47.9 Å². The summed E-state index contributed by atoms with van der Waals surface area (Å²) in [6, 6.07) is -1.78. The third-order valence-corrected chi connectivity index (χ3v) is 12.4. The summed E-state index contributed by atoms with van der Waals surface area (Å²) in [5, 5.41) is 5.40. The topological polar surface area (TPSA) is 133 Å². The molecule has 256 valence electrons. The summed E-state index contributed by atoms with van der Waals surface area (Å²) < 4.78 is 27.7. The van der Waals surface area contributed by atoms with Crippen molar-refractivity contribution in [2.45, 2.75) is 107 Å². The first-order chi connectivity index (χ1) is 20.7. The fourth-order valence-electron chi connectivity index (χ4n) is 7.63. The number of unbranched alkanes of at least 4 members (excludes halogenated alkanes) is 1. The lowest BCUT2D eigenvalue weighted by Gasteiger charge is -2.47. The second-order valence-corrected chi connectivity index (χ2v) is 18.2. The van der Waals surface area contributed by atoms with Gasteiger partial charge in [-0.25, -0.2) is 12.7 Å². The Balaban J connectivity index is 1.96. The minimum atomic E-state index is -3.41. The predicted octanol–water partition coefficient (Wildman–Crippen LogP) is 3.77. The normalized spacial score (nSPS) is 26.2. The molecule has 2 saturated heterocycles. The predicted molar refractivity (Wildman–Crippen MR) is 176 cm³/mol. The standard InChI is InChI=1S/C34H58N4O6S/c1-11-13-16-24(28(39)30(41)35-17-12-2)36-29(40)27-25-23(34(25,9)10)21-38(27)31(42)26(33(6,7)8)22(32(3,4)5)20-37-18-14-15-19-45(37,43)44/h12,22-27H,2,11,13-21H2,1,3-10H3,(H,35,41)(H,36,40)/t22-,23-,24?,25?,26?,27-/m0/s1. The monoisotopic (exact) mass is 650 g/mol. The van der Waals surface area contributed by atoms with Gasteiger partial charge in [0.05, 0.1) is 11.8 Å². The summed E-state index contributed by atoms with van der Waals surface area (Å²) in [6.07, 6.45) is 4.67. The minimum Gasteiger partial charge on any atom is -0.346 e. The number of amides is 3. The highest BCUT2D eigenvalue weighted by Gasteiger charge is 2.70. The van der Waals surface area contributed by atoms with Crippen LogP contribution in [0.5, 0.6) is 0 Å². The summed E-state index contributed by atoms with van der Waals surface area (Å²) in [6.45, 7) is 23.2. The van der Waals surface area contributed by atoms with E-state index in [2.05, 4.69) is 51.8 Å². The van der Waals surface area contributed by atoms with Gasteiger partial charge in [0, 0.05) is 32.1 Å². The Morgan fingerprint density at radius 3 is 2.22 bits per heavy atom. The van der Waals surface area contributed by atoms with Crippen molar-refractivity contribution < 1.29 is 27.6 Å². The average molecular weight is 651 g/mol. The lowest BCUT2D eigenvalue weighted by Crippen LogP contribution is -2.58. The third-order valence-electron chi connectivity index (χ3n) is 10.4. The Bertz CT molecular complexity index is 1250. The fraction of sp³-hybridized carbons (Fsp3) is 0.824. The Morgan fingerprint density at radius 2 is 1.69 bits per heavy atom. The van der Waals surface area contributed by atoms with Gasteiger partial charge in [-0.3, -0.25) is 19.2 Å². The first-order valence-electron chi connectivity index (χ1n) is 16.7. The van der Waals surface area contributed by atoms with Crippen molar-refractivity contribution in [1.29, 1.82) is 0 Å². The number of ketones is 1. The van der Waals surface area contributed by atoms with Gasteiger partial charge in [0.15, 0.2) is 0 Å². The van der Waals surface area contributed by atoms with E-state index < -0.39 is 56.5 Å². The van der Waals surface area contributed by atoms with Crippen LogP contribution in [0.25, 0.3) is 0 Å². The van der Waals surface area contributed by atoms with Crippen molar-refractivity contribution in [2.75, 3.05) is 31.9 Å². The zero-order valence-corrected chi connectivity index (χ0v) is 29.9. The Hall–Kier alpha value is -2.27. The largest absolute Gasteiger partial charge is 0.346 e. The van der Waals surface area contributed by atoms with E-state index >= 15 is 0 Å². The molecule has 3 unspecified atom stereocenters. The van der Waals surface area contributed by atoms with Crippen LogP contribution in [0.4, 0.5) is 0 Å². The molecular weight excluding hydrogens is 592 g/mol. The summed E-state index contributed by atoms with van der Waals surface area (Å²) >= 11 is 0. The van der Waals surface area contributed by atoms with E-state index in [9.17, 15) is 27.6 Å². The molecule has 0 radical (unpaired) electrons. The van der Waals surface area contributed by atoms with Crippen LogP contribution in [0.1, 0.15) is 94.4 Å². The molecule has 0 spiro atoms. The van der Waals surface area contributed by atoms with E-state index in [1.807, 2.05) is 27.7 Å². The van der Waals surface area contributed by atoms with Crippen LogP contribution in [0.2, 0.25) is 0 Å². The van der Waals surface area contributed by atoms with E-state index in [0.29, 0.717) is 32.4 Å². The minimum absolute atomic E-state index is 0.0749. The van der Waals surface area contributed by atoms with Gasteiger partial charge < -0.3 is 15.5 Å². The van der Waals surface area contributed by atoms with Crippen molar-refractivity contribution in [3.05, 3.63) is 12.7 Å². The van der Waals surface area contributed by atoms with Gasteiger partial charge >= 0.3 is 0 Å². The number of sulfonamides is 1. The Kier molecular flexibility index (Phi) is 11.4. The van der Waals surface area contributed by atoms with Gasteiger partial charge in [-0.2, -0.15) is 0 Å². The molecule has 3 fully saturated rings. The van der Waals surface area contributed by atoms with Gasteiger partial charge in [-0.15, -0.1) is 6.58 Å². The number of rotatable bonds is 13. The van der Waals surface area contributed by atoms with E-state index in [1.54, 1.807) is 9.21 Å². The Morgan fingerprint density at radius 1 is 1.04 bits per heavy atom. The molecule has 45 heavy (non-hydrogen) atoms. The first-order valence-corrected chi connectivity index (χ1v) is 18.3. The number of fused-ring (bicyclic) bond motifs is 1. The van der Waals surface area contributed by atoms with Gasteiger partial charge in [0.25, 0.3) is 5.91 Å². The number of nitrogens with one attached hydrogen (secondary N) is 2. The van der Waals surface area contributed by atoms with Crippen LogP contribution in [0.15, 0.2) is 12.7 Å². The maximum absolute atomic E-state index is 14.8. The fourth-order valence-corrected chi connectivity index (χ4v) is 9.25. The quantitative estimate of drug-likeness (QED) is 0.230. The molecule has 3 amide bonds. The molecule has 10 nitrogen and oxygen atoms in total. The Labute approximate surface area is 271 Å². The molecular formula is C34H58N4O6S. The zero-order valence-electron chi connectivity index (χ0n) is 29.1. The van der Waals surface area contributed by atoms with Gasteiger partial charge in [-0.05, 0) is 53.3 Å². The number of likely N-dealkylation sites (tertiary alicyclic amines) is 1. The summed E-state index contributed by atoms with van der Waals surface area (Å²) in [7, 11) is -3.41. The smallest absolute Gasteiger partial charge is 0.289 e. The highest BCUT2D eigenvalue weighted by Crippen LogP contribution is 2.65. The van der Waals surface area contributed by atoms with Crippen LogP contribution in [-0.4, -0.2) is 85.1 Å². The molecule has 11 heteroatoms. The highest BCUT2D eigenvalue weighted by molar-refractivity contribution is 7.89. The molecule has 1 aliphatic carbocycles. The van der Waals surface area contributed by atoms with Gasteiger partial charge in [0.1, 0.15) is 6.04 Å². The van der Waals surface area contributed by atoms with Crippen LogP contribution in [0.3, 0.4) is 0 Å². The molecule has 2 N–H and O–H groups in total. The van der Waals surface area contributed by atoms with Gasteiger partial charge in [-0.1, -0.05) is 81.2 Å². The number of carbonyl (C=O) groups excluding carboxylic acids is 4. The molecule has 0 aromatic carbocycles. The van der Waals surface area contributed by atoms with Gasteiger partial charge in [0.2, 0.25) is 27.6 Å². The van der Waals surface area contributed by atoms with Crippen molar-refractivity contribution in [1.82, 2.24) is 19.8 Å². The number of Topliss-reactive ketones (excluding diaryl/α,β-unsaturated/α-hetero) is 1. The van der Waals surface area contributed by atoms with Crippen molar-refractivity contribution in [3.63, 3.8) is 0 Å². The number of piperidine rings is 1. The molecule has 6 atom stereocenters. The van der Waals surface area contributed by atoms with Crippen LogP contribution in [0, 0.1) is 39.9 Å². The summed E-state index contributed by atoms with van der Waals surface area (Å²) in [5.41, 5.74) is -1.08. The molecule has 2 heterocycles. The number of carbonyl (C=O) groups is 4. The molecule has 0 aromatic heterocycles. The van der Waals surface area contributed by atoms with Crippen molar-refractivity contribution >= 4 is 33.5 Å². The van der Waals surface area contributed by atoms with Crippen LogP contribution < -0.4 is 10.6 Å². The second-order valence-electron chi connectivity index (χ2n) is 16.2. The SMILES string of the molecule is C=CCNC(=O)C(=O)C(CCCC)NC(=O)[C@@H]1C2[C@H](CN1C(=O)C([C@H](CN1CCCCS1(=O)=O)C(C)(C)C)C(C)(C)C)C2(C)C. The molecule has 0 bridgehead atoms.